The summed E-state index contributed by atoms with van der Waals surface area (Å²) >= 11 is 0. The molecule has 0 amide bonds. The molecule has 0 aromatic rings. The van der Waals surface area contributed by atoms with Crippen LogP contribution in [0.5, 0.6) is 0 Å². The zero-order chi connectivity index (χ0) is 12.1. The lowest BCUT2D eigenvalue weighted by Crippen LogP contribution is -2.43. The Balaban J connectivity index is 2.38. The van der Waals surface area contributed by atoms with E-state index in [-0.39, 0.29) is 6.10 Å². The van der Waals surface area contributed by atoms with Gasteiger partial charge in [-0.15, -0.1) is 0 Å². The molecule has 0 aromatic carbocycles. The van der Waals surface area contributed by atoms with Crippen molar-refractivity contribution in [1.82, 2.24) is 4.90 Å². The molecule has 1 saturated heterocycles. The minimum atomic E-state index is -0.615. The average molecular weight is 228 g/mol. The zero-order valence-corrected chi connectivity index (χ0v) is 10.5. The summed E-state index contributed by atoms with van der Waals surface area (Å²) in [5.74, 6) is 0. The molecule has 1 heterocycles. The predicted octanol–water partition coefficient (Wildman–Crippen LogP) is 1.06. The number of ether oxygens (including phenoxy) is 1. The minimum Gasteiger partial charge on any atom is -0.402 e. The molecule has 0 bridgehead atoms. The van der Waals surface area contributed by atoms with Crippen molar-refractivity contribution in [2.45, 2.75) is 51.5 Å². The molecule has 0 saturated carbocycles. The van der Waals surface area contributed by atoms with E-state index in [1.165, 1.54) is 0 Å². The van der Waals surface area contributed by atoms with Gasteiger partial charge in [0.15, 0.2) is 6.29 Å². The Bertz CT molecular complexity index is 233. The van der Waals surface area contributed by atoms with Crippen LogP contribution in [0.1, 0.15) is 33.1 Å². The van der Waals surface area contributed by atoms with Crippen LogP contribution < -0.4 is 5.73 Å². The Morgan fingerprint density at radius 2 is 2.25 bits per heavy atom. The van der Waals surface area contributed by atoms with Crippen LogP contribution >= 0.6 is 0 Å². The van der Waals surface area contributed by atoms with Gasteiger partial charge in [0.2, 0.25) is 0 Å². The highest BCUT2D eigenvalue weighted by atomic mass is 16.6. The molecule has 0 spiro atoms. The molecular formula is C12H24N2O2. The van der Waals surface area contributed by atoms with Crippen LogP contribution in [0.25, 0.3) is 0 Å². The average Bonchev–Trinajstić information content (AvgIpc) is 2.23. The molecule has 3 atom stereocenters. The van der Waals surface area contributed by atoms with Crippen molar-refractivity contribution in [3.05, 3.63) is 11.8 Å². The third-order valence-electron chi connectivity index (χ3n) is 3.21. The van der Waals surface area contributed by atoms with Crippen molar-refractivity contribution in [1.29, 1.82) is 0 Å². The highest BCUT2D eigenvalue weighted by Crippen LogP contribution is 2.21. The normalized spacial score (nSPS) is 32.1. The maximum absolute atomic E-state index is 9.54. The lowest BCUT2D eigenvalue weighted by atomic mass is 10.0. The van der Waals surface area contributed by atoms with Crippen LogP contribution in [-0.2, 0) is 4.74 Å². The summed E-state index contributed by atoms with van der Waals surface area (Å²) in [5.41, 5.74) is 6.69. The van der Waals surface area contributed by atoms with Crippen molar-refractivity contribution in [2.75, 3.05) is 13.6 Å². The Morgan fingerprint density at radius 1 is 1.56 bits per heavy atom. The van der Waals surface area contributed by atoms with Gasteiger partial charge < -0.3 is 20.5 Å². The van der Waals surface area contributed by atoms with E-state index in [2.05, 4.69) is 11.9 Å². The van der Waals surface area contributed by atoms with Gasteiger partial charge in [0.25, 0.3) is 0 Å². The number of aliphatic hydroxyl groups is 1. The largest absolute Gasteiger partial charge is 0.402 e. The van der Waals surface area contributed by atoms with E-state index in [1.54, 1.807) is 0 Å². The summed E-state index contributed by atoms with van der Waals surface area (Å²) in [5, 5.41) is 9.54. The van der Waals surface area contributed by atoms with Crippen LogP contribution in [0.3, 0.4) is 0 Å². The molecule has 1 aliphatic rings. The molecule has 0 unspecified atom stereocenters. The highest BCUT2D eigenvalue weighted by Gasteiger charge is 2.27. The molecule has 0 radical (unpaired) electrons. The van der Waals surface area contributed by atoms with Crippen molar-refractivity contribution in [3.8, 4) is 0 Å². The first-order chi connectivity index (χ1) is 7.52. The van der Waals surface area contributed by atoms with Crippen molar-refractivity contribution >= 4 is 0 Å². The van der Waals surface area contributed by atoms with Gasteiger partial charge in [-0.2, -0.15) is 0 Å². The second-order valence-electron chi connectivity index (χ2n) is 4.62. The van der Waals surface area contributed by atoms with E-state index in [9.17, 15) is 5.11 Å². The first-order valence-corrected chi connectivity index (χ1v) is 5.97. The summed E-state index contributed by atoms with van der Waals surface area (Å²) in [6.07, 6.45) is 4.01. The van der Waals surface area contributed by atoms with Crippen molar-refractivity contribution in [3.63, 3.8) is 0 Å². The van der Waals surface area contributed by atoms with E-state index in [4.69, 9.17) is 10.5 Å². The van der Waals surface area contributed by atoms with E-state index in [0.29, 0.717) is 12.5 Å². The minimum absolute atomic E-state index is 0.135. The lowest BCUT2D eigenvalue weighted by Gasteiger charge is -2.36. The Morgan fingerprint density at radius 3 is 2.81 bits per heavy atom. The molecular weight excluding hydrogens is 204 g/mol. The summed E-state index contributed by atoms with van der Waals surface area (Å²) in [7, 11) is 2.08. The number of aliphatic hydroxyl groups excluding tert-OH is 1. The lowest BCUT2D eigenvalue weighted by molar-refractivity contribution is -0.173. The highest BCUT2D eigenvalue weighted by molar-refractivity contribution is 4.94. The van der Waals surface area contributed by atoms with Crippen LogP contribution in [0.15, 0.2) is 11.8 Å². The van der Waals surface area contributed by atoms with E-state index in [0.717, 1.165) is 25.1 Å². The summed E-state index contributed by atoms with van der Waals surface area (Å²) < 4.78 is 5.31. The number of hydrogen-bond acceptors (Lipinski definition) is 4. The maximum Gasteiger partial charge on any atom is 0.156 e. The number of nitrogens with two attached hydrogens (primary N) is 1. The Hall–Kier alpha value is -0.580. The second kappa shape index (κ2) is 6.23. The van der Waals surface area contributed by atoms with Gasteiger partial charge in [0, 0.05) is 24.7 Å². The quantitative estimate of drug-likeness (QED) is 0.755. The summed E-state index contributed by atoms with van der Waals surface area (Å²) in [4.78, 5) is 2.26. The van der Waals surface area contributed by atoms with E-state index in [1.807, 2.05) is 19.9 Å². The number of rotatable bonds is 4. The maximum atomic E-state index is 9.54. The predicted molar refractivity (Wildman–Crippen MR) is 64.8 cm³/mol. The first-order valence-electron chi connectivity index (χ1n) is 5.97. The molecule has 1 fully saturated rings. The van der Waals surface area contributed by atoms with Crippen molar-refractivity contribution in [2.24, 2.45) is 5.73 Å². The van der Waals surface area contributed by atoms with E-state index < -0.39 is 6.29 Å². The van der Waals surface area contributed by atoms with Crippen LogP contribution in [-0.4, -0.2) is 42.0 Å². The fourth-order valence-corrected chi connectivity index (χ4v) is 2.08. The smallest absolute Gasteiger partial charge is 0.156 e. The third-order valence-corrected chi connectivity index (χ3v) is 3.21. The third kappa shape index (κ3) is 4.12. The van der Waals surface area contributed by atoms with Gasteiger partial charge in [0.05, 0.1) is 6.10 Å². The molecule has 1 rings (SSSR count). The zero-order valence-electron chi connectivity index (χ0n) is 10.5. The molecule has 4 heteroatoms. The monoisotopic (exact) mass is 228 g/mol. The SMILES string of the molecule is C/C=C(\N)CCN(C)[C@H]1C[C@@H](C)O[C@@H](O)C1. The van der Waals surface area contributed by atoms with Gasteiger partial charge in [-0.3, -0.25) is 0 Å². The number of allylic oxidation sites excluding steroid dienone is 1. The fourth-order valence-electron chi connectivity index (χ4n) is 2.08. The van der Waals surface area contributed by atoms with Gasteiger partial charge in [-0.05, 0) is 33.7 Å². The van der Waals surface area contributed by atoms with Gasteiger partial charge >= 0.3 is 0 Å². The molecule has 0 aromatic heterocycles. The number of hydrogen-bond donors (Lipinski definition) is 2. The molecule has 3 N–H and O–H groups in total. The molecule has 16 heavy (non-hydrogen) atoms. The Kier molecular flexibility index (Phi) is 5.25. The first kappa shape index (κ1) is 13.5. The molecule has 4 nitrogen and oxygen atoms in total. The topological polar surface area (TPSA) is 58.7 Å². The van der Waals surface area contributed by atoms with Crippen molar-refractivity contribution < 1.29 is 9.84 Å². The van der Waals surface area contributed by atoms with E-state index >= 15 is 0 Å². The van der Waals surface area contributed by atoms with Crippen LogP contribution in [0.4, 0.5) is 0 Å². The molecule has 0 aliphatic carbocycles. The standard InChI is InChI=1S/C12H24N2O2/c1-4-10(13)5-6-14(3)11-7-9(2)16-12(15)8-11/h4,9,11-12,15H,5-8,13H2,1-3H3/b10-4-/t9-,11+,12-/m1/s1. The van der Waals surface area contributed by atoms with Crippen LogP contribution in [0.2, 0.25) is 0 Å². The van der Waals surface area contributed by atoms with Crippen LogP contribution in [0, 0.1) is 0 Å². The fraction of sp³-hybridized carbons (Fsp3) is 0.833. The summed E-state index contributed by atoms with van der Waals surface area (Å²) in [6.45, 7) is 4.89. The second-order valence-corrected chi connectivity index (χ2v) is 4.62. The molecule has 1 aliphatic heterocycles. The van der Waals surface area contributed by atoms with Gasteiger partial charge in [0.1, 0.15) is 0 Å². The van der Waals surface area contributed by atoms with Gasteiger partial charge in [-0.1, -0.05) is 6.08 Å². The number of nitrogens with zero attached hydrogens (tertiary/aromatic N) is 1. The van der Waals surface area contributed by atoms with Gasteiger partial charge in [-0.25, -0.2) is 0 Å². The Labute approximate surface area is 98.1 Å². The summed E-state index contributed by atoms with van der Waals surface area (Å²) in [6, 6.07) is 0.392. The molecule has 94 valence electrons.